The number of hydrogen-bond donors (Lipinski definition) is 1. The highest BCUT2D eigenvalue weighted by atomic mass is 32.2. The van der Waals surface area contributed by atoms with E-state index >= 15 is 0 Å². The van der Waals surface area contributed by atoms with Crippen molar-refractivity contribution in [3.63, 3.8) is 0 Å². The van der Waals surface area contributed by atoms with Crippen LogP contribution in [-0.4, -0.2) is 44.7 Å². The van der Waals surface area contributed by atoms with Crippen molar-refractivity contribution in [2.75, 3.05) is 12.4 Å². The number of carbonyl (C=O) groups is 2. The maximum absolute atomic E-state index is 12.5. The molecule has 7 heteroatoms. The zero-order chi connectivity index (χ0) is 22.5. The van der Waals surface area contributed by atoms with Gasteiger partial charge in [-0.1, -0.05) is 39.0 Å². The van der Waals surface area contributed by atoms with Crippen LogP contribution < -0.4 is 5.32 Å². The first-order chi connectivity index (χ1) is 13.9. The van der Waals surface area contributed by atoms with Crippen molar-refractivity contribution < 1.29 is 18.8 Å². The molecule has 1 heterocycles. The van der Waals surface area contributed by atoms with Crippen LogP contribution in [0.3, 0.4) is 0 Å². The Labute approximate surface area is 186 Å². The highest BCUT2D eigenvalue weighted by Crippen LogP contribution is 2.40. The number of thioether (sulfide) groups is 1. The number of amides is 1. The monoisotopic (exact) mass is 451 g/mol. The Bertz CT molecular complexity index is 720. The van der Waals surface area contributed by atoms with E-state index < -0.39 is 8.32 Å². The second-order valence-corrected chi connectivity index (χ2v) is 15.6. The van der Waals surface area contributed by atoms with Gasteiger partial charge in [0, 0.05) is 23.8 Å². The Balaban J connectivity index is 2.04. The molecular weight excluding hydrogens is 414 g/mol. The van der Waals surface area contributed by atoms with Crippen LogP contribution in [0.5, 0.6) is 0 Å². The maximum Gasteiger partial charge on any atom is 0.302 e. The molecule has 5 nitrogen and oxygen atoms in total. The van der Waals surface area contributed by atoms with Crippen molar-refractivity contribution in [3.8, 4) is 0 Å². The average Bonchev–Trinajstić information content (AvgIpc) is 2.62. The summed E-state index contributed by atoms with van der Waals surface area (Å²) in [6.07, 6.45) is 0.687. The number of carbonyl (C=O) groups excluding carboxylic acids is 2. The third-order valence-electron chi connectivity index (χ3n) is 6.30. The van der Waals surface area contributed by atoms with Gasteiger partial charge >= 0.3 is 5.97 Å². The molecule has 0 radical (unpaired) electrons. The molecule has 1 aliphatic heterocycles. The van der Waals surface area contributed by atoms with Gasteiger partial charge in [-0.05, 0) is 49.4 Å². The highest BCUT2D eigenvalue weighted by Gasteiger charge is 2.50. The summed E-state index contributed by atoms with van der Waals surface area (Å²) in [4.78, 5) is 25.1. The van der Waals surface area contributed by atoms with Crippen molar-refractivity contribution in [1.82, 2.24) is 5.32 Å². The minimum Gasteiger partial charge on any atom is -0.465 e. The minimum absolute atomic E-state index is 0.0343. The Kier molecular flexibility index (Phi) is 8.59. The second kappa shape index (κ2) is 10.3. The van der Waals surface area contributed by atoms with Crippen LogP contribution in [0.25, 0.3) is 0 Å². The normalized spacial score (nSPS) is 21.4. The lowest BCUT2D eigenvalue weighted by molar-refractivity contribution is -0.147. The number of rotatable bonds is 10. The van der Waals surface area contributed by atoms with Crippen molar-refractivity contribution in [3.05, 3.63) is 30.3 Å². The highest BCUT2D eigenvalue weighted by molar-refractivity contribution is 7.99. The van der Waals surface area contributed by atoms with Crippen molar-refractivity contribution in [2.24, 2.45) is 11.8 Å². The molecule has 1 aromatic carbocycles. The second-order valence-electron chi connectivity index (χ2n) is 9.66. The Morgan fingerprint density at radius 2 is 1.87 bits per heavy atom. The molecule has 0 saturated carbocycles. The quantitative estimate of drug-likeness (QED) is 0.238. The molecule has 1 aliphatic rings. The smallest absolute Gasteiger partial charge is 0.302 e. The van der Waals surface area contributed by atoms with Crippen molar-refractivity contribution in [1.29, 1.82) is 0 Å². The molecule has 168 valence electrons. The molecule has 0 unspecified atom stereocenters. The molecule has 1 N–H and O–H groups in total. The van der Waals surface area contributed by atoms with Crippen LogP contribution in [0, 0.1) is 11.8 Å². The van der Waals surface area contributed by atoms with Gasteiger partial charge in [0.15, 0.2) is 8.32 Å². The summed E-state index contributed by atoms with van der Waals surface area (Å²) >= 11 is 1.78. The number of benzene rings is 1. The summed E-state index contributed by atoms with van der Waals surface area (Å²) in [6, 6.07) is 10.2. The van der Waals surface area contributed by atoms with E-state index in [-0.39, 0.29) is 40.9 Å². The van der Waals surface area contributed by atoms with Crippen molar-refractivity contribution in [2.45, 2.75) is 76.2 Å². The van der Waals surface area contributed by atoms with Gasteiger partial charge in [-0.15, -0.1) is 11.8 Å². The van der Waals surface area contributed by atoms with Gasteiger partial charge in [0.2, 0.25) is 5.91 Å². The first-order valence-electron chi connectivity index (χ1n) is 10.7. The van der Waals surface area contributed by atoms with Gasteiger partial charge in [0.1, 0.15) is 0 Å². The molecule has 1 amide bonds. The molecule has 1 aromatic rings. The largest absolute Gasteiger partial charge is 0.465 e. The molecule has 0 bridgehead atoms. The summed E-state index contributed by atoms with van der Waals surface area (Å²) in [5.41, 5.74) is 0. The Morgan fingerprint density at radius 3 is 2.40 bits per heavy atom. The van der Waals surface area contributed by atoms with Crippen LogP contribution in [0.4, 0.5) is 0 Å². The van der Waals surface area contributed by atoms with Crippen molar-refractivity contribution >= 4 is 32.0 Å². The van der Waals surface area contributed by atoms with Crippen LogP contribution in [0.2, 0.25) is 18.1 Å². The fourth-order valence-electron chi connectivity index (χ4n) is 3.48. The SMILES string of the molecule is CC(=O)OC[C@H](CCSc1ccccc1)[C@H]1NC(=O)[C@@H]1[C@@H](C)O[Si](C)(C)C(C)(C)C. The predicted octanol–water partition coefficient (Wildman–Crippen LogP) is 4.87. The molecule has 0 spiro atoms. The maximum atomic E-state index is 12.5. The van der Waals surface area contributed by atoms with E-state index in [0.717, 1.165) is 12.2 Å². The van der Waals surface area contributed by atoms with Gasteiger partial charge in [0.05, 0.1) is 18.6 Å². The fraction of sp³-hybridized carbons (Fsp3) is 0.652. The topological polar surface area (TPSA) is 64.6 Å². The summed E-state index contributed by atoms with van der Waals surface area (Å²) < 4.78 is 11.9. The zero-order valence-corrected chi connectivity index (χ0v) is 21.2. The summed E-state index contributed by atoms with van der Waals surface area (Å²) in [7, 11) is -1.98. The number of esters is 1. The van der Waals surface area contributed by atoms with Crippen LogP contribution in [-0.2, 0) is 18.8 Å². The molecular formula is C23H37NO4SSi. The van der Waals surface area contributed by atoms with Crippen LogP contribution in [0.15, 0.2) is 35.2 Å². The van der Waals surface area contributed by atoms with E-state index in [0.29, 0.717) is 6.61 Å². The standard InChI is InChI=1S/C23H37NO4SSi/c1-16(28-30(6,7)23(3,4)5)20-21(24-22(20)26)18(15-27-17(2)25)13-14-29-19-11-9-8-10-12-19/h8-12,16,18,20-21H,13-15H2,1-7H3,(H,24,26)/t16-,18+,20-,21-/m1/s1. The van der Waals surface area contributed by atoms with Gasteiger partial charge in [0.25, 0.3) is 0 Å². The van der Waals surface area contributed by atoms with E-state index in [1.807, 2.05) is 25.1 Å². The van der Waals surface area contributed by atoms with E-state index in [1.54, 1.807) is 11.8 Å². The molecule has 4 atom stereocenters. The molecule has 0 aliphatic carbocycles. The zero-order valence-electron chi connectivity index (χ0n) is 19.4. The number of hydrogen-bond acceptors (Lipinski definition) is 5. The van der Waals surface area contributed by atoms with E-state index in [1.165, 1.54) is 11.8 Å². The van der Waals surface area contributed by atoms with E-state index in [9.17, 15) is 9.59 Å². The van der Waals surface area contributed by atoms with Gasteiger partial charge in [-0.2, -0.15) is 0 Å². The molecule has 0 aromatic heterocycles. The summed E-state index contributed by atoms with van der Waals surface area (Å²) in [6.45, 7) is 14.8. The van der Waals surface area contributed by atoms with Gasteiger partial charge < -0.3 is 14.5 Å². The lowest BCUT2D eigenvalue weighted by Crippen LogP contribution is -2.66. The number of β-lactam (4-membered cyclic amide) rings is 1. The molecule has 30 heavy (non-hydrogen) atoms. The lowest BCUT2D eigenvalue weighted by atomic mass is 9.77. The van der Waals surface area contributed by atoms with E-state index in [2.05, 4.69) is 51.3 Å². The molecule has 2 rings (SSSR count). The van der Waals surface area contributed by atoms with Gasteiger partial charge in [-0.25, -0.2) is 0 Å². The minimum atomic E-state index is -1.98. The Morgan fingerprint density at radius 1 is 1.23 bits per heavy atom. The first kappa shape index (κ1) is 25.0. The summed E-state index contributed by atoms with van der Waals surface area (Å²) in [5.74, 6) is 0.505. The number of ether oxygens (including phenoxy) is 1. The first-order valence-corrected chi connectivity index (χ1v) is 14.6. The fourth-order valence-corrected chi connectivity index (χ4v) is 5.92. The van der Waals surface area contributed by atoms with Crippen LogP contribution in [0.1, 0.15) is 41.0 Å². The third kappa shape index (κ3) is 6.59. The predicted molar refractivity (Wildman–Crippen MR) is 125 cm³/mol. The number of nitrogens with one attached hydrogen (secondary N) is 1. The van der Waals surface area contributed by atoms with E-state index in [4.69, 9.17) is 9.16 Å². The molecule has 1 fully saturated rings. The Hall–Kier alpha value is -1.31. The third-order valence-corrected chi connectivity index (χ3v) is 11.9. The lowest BCUT2D eigenvalue weighted by Gasteiger charge is -2.47. The summed E-state index contributed by atoms with van der Waals surface area (Å²) in [5, 5.41) is 3.15. The van der Waals surface area contributed by atoms with Crippen LogP contribution >= 0.6 is 11.8 Å². The molecule has 1 saturated heterocycles. The van der Waals surface area contributed by atoms with Gasteiger partial charge in [-0.3, -0.25) is 9.59 Å². The average molecular weight is 452 g/mol.